The van der Waals surface area contributed by atoms with Gasteiger partial charge in [0.05, 0.1) is 11.6 Å². The summed E-state index contributed by atoms with van der Waals surface area (Å²) in [6.45, 7) is 6.28. The molecule has 2 rings (SSSR count). The number of aromatic nitrogens is 2. The summed E-state index contributed by atoms with van der Waals surface area (Å²) < 4.78 is 26.8. The highest BCUT2D eigenvalue weighted by atomic mass is 19.3. The maximum atomic E-state index is 13.0. The van der Waals surface area contributed by atoms with E-state index in [4.69, 9.17) is 0 Å². The highest BCUT2D eigenvalue weighted by Gasteiger charge is 2.23. The maximum Gasteiger partial charge on any atom is 0.274 e. The summed E-state index contributed by atoms with van der Waals surface area (Å²) >= 11 is 0. The van der Waals surface area contributed by atoms with Crippen molar-refractivity contribution in [3.63, 3.8) is 0 Å². The normalized spacial score (nSPS) is 12.9. The van der Waals surface area contributed by atoms with Gasteiger partial charge in [-0.15, -0.1) is 0 Å². The number of halogens is 2. The molecule has 0 bridgehead atoms. The van der Waals surface area contributed by atoms with E-state index in [1.807, 2.05) is 12.1 Å². The van der Waals surface area contributed by atoms with Crippen molar-refractivity contribution in [1.82, 2.24) is 9.78 Å². The molecular formula is C15H18F2N2O. The van der Waals surface area contributed by atoms with Crippen LogP contribution in [0.1, 0.15) is 33.3 Å². The molecule has 0 unspecified atom stereocenters. The van der Waals surface area contributed by atoms with Gasteiger partial charge < -0.3 is 0 Å². The molecule has 3 nitrogen and oxygen atoms in total. The molecule has 0 aliphatic heterocycles. The molecule has 20 heavy (non-hydrogen) atoms. The first-order valence-electron chi connectivity index (χ1n) is 6.46. The minimum absolute atomic E-state index is 0.0422. The average Bonchev–Trinajstić information content (AvgIpc) is 2.30. The monoisotopic (exact) mass is 280 g/mol. The van der Waals surface area contributed by atoms with Crippen LogP contribution in [-0.2, 0) is 12.0 Å². The molecule has 0 amide bonds. The second-order valence-electron chi connectivity index (χ2n) is 6.23. The second-order valence-corrected chi connectivity index (χ2v) is 6.23. The molecule has 0 saturated carbocycles. The Labute approximate surface area is 116 Å². The Bertz CT molecular complexity index is 694. The highest BCUT2D eigenvalue weighted by Crippen LogP contribution is 2.24. The Balaban J connectivity index is 2.56. The summed E-state index contributed by atoms with van der Waals surface area (Å²) in [7, 11) is 0. The van der Waals surface area contributed by atoms with Gasteiger partial charge in [0, 0.05) is 12.3 Å². The number of alkyl halides is 2. The molecule has 0 aliphatic rings. The molecule has 5 heteroatoms. The lowest BCUT2D eigenvalue weighted by Crippen LogP contribution is -2.30. The summed E-state index contributed by atoms with van der Waals surface area (Å²) in [4.78, 5) is 12.1. The molecule has 1 heterocycles. The molecule has 0 aliphatic carbocycles. The largest absolute Gasteiger partial charge is 0.274 e. The third kappa shape index (κ3) is 3.03. The Kier molecular flexibility index (Phi) is 3.40. The van der Waals surface area contributed by atoms with E-state index in [1.165, 1.54) is 6.20 Å². The first kappa shape index (κ1) is 14.6. The van der Waals surface area contributed by atoms with Crippen molar-refractivity contribution >= 4 is 10.8 Å². The fraction of sp³-hybridized carbons (Fsp3) is 0.467. The van der Waals surface area contributed by atoms with Crippen LogP contribution < -0.4 is 5.56 Å². The Morgan fingerprint density at radius 3 is 2.40 bits per heavy atom. The van der Waals surface area contributed by atoms with Crippen LogP contribution in [0.2, 0.25) is 0 Å². The standard InChI is InChI=1S/C15H18F2N2O/c1-14(2,3)11-5-6-12-10(7-11)8-18-19(13(12)20)9-15(4,16)17/h5-8H,9H2,1-4H3. The summed E-state index contributed by atoms with van der Waals surface area (Å²) in [5.74, 6) is -2.96. The first-order chi connectivity index (χ1) is 9.08. The van der Waals surface area contributed by atoms with Crippen molar-refractivity contribution < 1.29 is 8.78 Å². The quantitative estimate of drug-likeness (QED) is 0.845. The molecule has 0 atom stereocenters. The van der Waals surface area contributed by atoms with Crippen LogP contribution in [-0.4, -0.2) is 15.7 Å². The fourth-order valence-corrected chi connectivity index (χ4v) is 2.03. The van der Waals surface area contributed by atoms with Crippen molar-refractivity contribution in [2.75, 3.05) is 0 Å². The zero-order valence-corrected chi connectivity index (χ0v) is 12.1. The predicted octanol–water partition coefficient (Wildman–Crippen LogP) is 3.35. The SMILES string of the molecule is CC(F)(F)Cn1ncc2cc(C(C)(C)C)ccc2c1=O. The van der Waals surface area contributed by atoms with Crippen molar-refractivity contribution in [3.05, 3.63) is 40.3 Å². The summed E-state index contributed by atoms with van der Waals surface area (Å²) in [6, 6.07) is 5.43. The van der Waals surface area contributed by atoms with Gasteiger partial charge in [-0.05, 0) is 23.1 Å². The van der Waals surface area contributed by atoms with E-state index in [1.54, 1.807) is 6.07 Å². The van der Waals surface area contributed by atoms with E-state index in [0.717, 1.165) is 17.2 Å². The van der Waals surface area contributed by atoms with E-state index in [-0.39, 0.29) is 5.41 Å². The summed E-state index contributed by atoms with van der Waals surface area (Å²) in [5, 5.41) is 4.93. The van der Waals surface area contributed by atoms with Crippen LogP contribution >= 0.6 is 0 Å². The molecule has 108 valence electrons. The van der Waals surface area contributed by atoms with Gasteiger partial charge in [-0.25, -0.2) is 13.5 Å². The van der Waals surface area contributed by atoms with Crippen molar-refractivity contribution in [2.45, 2.75) is 45.6 Å². The molecule has 0 saturated heterocycles. The molecule has 0 radical (unpaired) electrons. The Morgan fingerprint density at radius 2 is 1.85 bits per heavy atom. The van der Waals surface area contributed by atoms with Gasteiger partial charge in [0.2, 0.25) is 0 Å². The van der Waals surface area contributed by atoms with Gasteiger partial charge in [0.1, 0.15) is 6.54 Å². The molecule has 1 aromatic carbocycles. The van der Waals surface area contributed by atoms with Crippen LogP contribution in [0, 0.1) is 0 Å². The number of fused-ring (bicyclic) bond motifs is 1. The van der Waals surface area contributed by atoms with E-state index in [0.29, 0.717) is 10.8 Å². The topological polar surface area (TPSA) is 34.9 Å². The lowest BCUT2D eigenvalue weighted by atomic mass is 9.86. The zero-order chi connectivity index (χ0) is 15.1. The van der Waals surface area contributed by atoms with Crippen molar-refractivity contribution in [2.24, 2.45) is 0 Å². The molecule has 0 spiro atoms. The van der Waals surface area contributed by atoms with Gasteiger partial charge in [-0.2, -0.15) is 5.10 Å². The minimum Gasteiger partial charge on any atom is -0.267 e. The number of benzene rings is 1. The van der Waals surface area contributed by atoms with Crippen LogP contribution in [0.25, 0.3) is 10.8 Å². The summed E-state index contributed by atoms with van der Waals surface area (Å²) in [5.41, 5.74) is 0.550. The van der Waals surface area contributed by atoms with Gasteiger partial charge in [-0.3, -0.25) is 4.79 Å². The fourth-order valence-electron chi connectivity index (χ4n) is 2.03. The summed E-state index contributed by atoms with van der Waals surface area (Å²) in [6.07, 6.45) is 1.47. The Hall–Kier alpha value is -1.78. The van der Waals surface area contributed by atoms with Gasteiger partial charge in [-0.1, -0.05) is 26.8 Å². The van der Waals surface area contributed by atoms with Crippen LogP contribution in [0.15, 0.2) is 29.2 Å². The molecule has 2 aromatic rings. The van der Waals surface area contributed by atoms with Gasteiger partial charge in [0.25, 0.3) is 11.5 Å². The smallest absolute Gasteiger partial charge is 0.267 e. The van der Waals surface area contributed by atoms with E-state index >= 15 is 0 Å². The molecule has 0 N–H and O–H groups in total. The van der Waals surface area contributed by atoms with Crippen LogP contribution in [0.5, 0.6) is 0 Å². The lowest BCUT2D eigenvalue weighted by Gasteiger charge is -2.19. The number of hydrogen-bond acceptors (Lipinski definition) is 2. The van der Waals surface area contributed by atoms with Gasteiger partial charge >= 0.3 is 0 Å². The van der Waals surface area contributed by atoms with E-state index in [9.17, 15) is 13.6 Å². The number of hydrogen-bond donors (Lipinski definition) is 0. The third-order valence-corrected chi connectivity index (χ3v) is 3.15. The number of rotatable bonds is 2. The minimum atomic E-state index is -2.96. The molecule has 0 fully saturated rings. The van der Waals surface area contributed by atoms with E-state index < -0.39 is 18.0 Å². The molecule has 1 aromatic heterocycles. The zero-order valence-electron chi connectivity index (χ0n) is 12.1. The number of nitrogens with zero attached hydrogens (tertiary/aromatic N) is 2. The Morgan fingerprint density at radius 1 is 1.20 bits per heavy atom. The van der Waals surface area contributed by atoms with Crippen LogP contribution in [0.3, 0.4) is 0 Å². The average molecular weight is 280 g/mol. The third-order valence-electron chi connectivity index (χ3n) is 3.15. The van der Waals surface area contributed by atoms with Crippen LogP contribution in [0.4, 0.5) is 8.78 Å². The van der Waals surface area contributed by atoms with E-state index in [2.05, 4.69) is 25.9 Å². The second kappa shape index (κ2) is 4.65. The first-order valence-corrected chi connectivity index (χ1v) is 6.46. The van der Waals surface area contributed by atoms with Crippen molar-refractivity contribution in [1.29, 1.82) is 0 Å². The van der Waals surface area contributed by atoms with Crippen molar-refractivity contribution in [3.8, 4) is 0 Å². The maximum absolute atomic E-state index is 13.0. The molecular weight excluding hydrogens is 262 g/mol. The lowest BCUT2D eigenvalue weighted by molar-refractivity contribution is -0.000632. The predicted molar refractivity (Wildman–Crippen MR) is 75.3 cm³/mol. The highest BCUT2D eigenvalue weighted by molar-refractivity contribution is 5.81. The van der Waals surface area contributed by atoms with Gasteiger partial charge in [0.15, 0.2) is 0 Å².